The zero-order valence-corrected chi connectivity index (χ0v) is 11.9. The molecule has 0 aliphatic rings. The average molecular weight is 286 g/mol. The van der Waals surface area contributed by atoms with Crippen LogP contribution in [0.15, 0.2) is 0 Å². The van der Waals surface area contributed by atoms with Gasteiger partial charge in [0.1, 0.15) is 0 Å². The van der Waals surface area contributed by atoms with Crippen molar-refractivity contribution in [1.29, 1.82) is 0 Å². The van der Waals surface area contributed by atoms with Crippen molar-refractivity contribution in [3.05, 3.63) is 0 Å². The summed E-state index contributed by atoms with van der Waals surface area (Å²) in [5, 5.41) is 0. The summed E-state index contributed by atoms with van der Waals surface area (Å²) >= 11 is 3.40. The molecule has 0 aromatic heterocycles. The quantitative estimate of drug-likeness (QED) is 0.743. The van der Waals surface area contributed by atoms with Gasteiger partial charge in [0.05, 0.1) is 4.75 Å². The van der Waals surface area contributed by atoms with E-state index in [9.17, 15) is 8.42 Å². The maximum absolute atomic E-state index is 11.9. The normalized spacial score (nSPS) is 15.9. The number of rotatable bonds is 4. The van der Waals surface area contributed by atoms with Gasteiger partial charge in [0.25, 0.3) is 0 Å². The largest absolute Gasteiger partial charge is 0.218 e. The highest BCUT2D eigenvalue weighted by Gasteiger charge is 2.32. The molecule has 0 heterocycles. The molecule has 0 radical (unpaired) electrons. The molecule has 0 bridgehead atoms. The number of alkyl halides is 1. The Kier molecular flexibility index (Phi) is 5.08. The molecule has 0 N–H and O–H groups in total. The van der Waals surface area contributed by atoms with Gasteiger partial charge < -0.3 is 0 Å². The second kappa shape index (κ2) is 4.94. The molecule has 0 aromatic carbocycles. The van der Waals surface area contributed by atoms with E-state index in [0.717, 1.165) is 6.42 Å². The van der Waals surface area contributed by atoms with Crippen LogP contribution in [-0.4, -0.2) is 35.9 Å². The number of hydrogen-bond donors (Lipinski definition) is 0. The van der Waals surface area contributed by atoms with Gasteiger partial charge in [-0.15, -0.1) is 0 Å². The Hall–Kier alpha value is 0.390. The molecule has 1 unspecified atom stereocenters. The van der Waals surface area contributed by atoms with Gasteiger partial charge in [0.15, 0.2) is 0 Å². The first-order chi connectivity index (χ1) is 6.09. The highest BCUT2D eigenvalue weighted by atomic mass is 79.9. The van der Waals surface area contributed by atoms with Crippen molar-refractivity contribution in [2.75, 3.05) is 13.6 Å². The van der Waals surface area contributed by atoms with Crippen LogP contribution in [0.4, 0.5) is 0 Å². The minimum Gasteiger partial charge on any atom is -0.212 e. The zero-order chi connectivity index (χ0) is 11.6. The molecule has 0 amide bonds. The van der Waals surface area contributed by atoms with Crippen LogP contribution in [0.5, 0.6) is 0 Å². The molecule has 1 atom stereocenters. The molecule has 0 saturated heterocycles. The van der Waals surface area contributed by atoms with Crippen molar-refractivity contribution < 1.29 is 8.42 Å². The highest BCUT2D eigenvalue weighted by Crippen LogP contribution is 2.19. The monoisotopic (exact) mass is 285 g/mol. The Morgan fingerprint density at radius 2 is 1.79 bits per heavy atom. The van der Waals surface area contributed by atoms with E-state index < -0.39 is 14.8 Å². The van der Waals surface area contributed by atoms with Gasteiger partial charge in [-0.1, -0.05) is 22.9 Å². The maximum Gasteiger partial charge on any atom is 0.218 e. The summed E-state index contributed by atoms with van der Waals surface area (Å²) in [4.78, 5) is 0.347. The predicted octanol–water partition coefficient (Wildman–Crippen LogP) is 2.22. The Bertz CT molecular complexity index is 267. The first kappa shape index (κ1) is 14.4. The van der Waals surface area contributed by atoms with Gasteiger partial charge in [-0.3, -0.25) is 0 Å². The lowest BCUT2D eigenvalue weighted by atomic mass is 10.3. The van der Waals surface area contributed by atoms with Crippen LogP contribution in [0.3, 0.4) is 0 Å². The zero-order valence-electron chi connectivity index (χ0n) is 9.54. The third-order valence-electron chi connectivity index (χ3n) is 2.03. The lowest BCUT2D eigenvalue weighted by Crippen LogP contribution is -2.41. The van der Waals surface area contributed by atoms with Gasteiger partial charge in [-0.2, -0.15) is 0 Å². The molecule has 0 aliphatic carbocycles. The van der Waals surface area contributed by atoms with E-state index in [2.05, 4.69) is 15.9 Å². The molecule has 0 aromatic rings. The van der Waals surface area contributed by atoms with Crippen LogP contribution >= 0.6 is 15.9 Å². The molecule has 0 aliphatic heterocycles. The fourth-order valence-corrected chi connectivity index (χ4v) is 2.43. The average Bonchev–Trinajstić information content (AvgIpc) is 1.97. The first-order valence-electron chi connectivity index (χ1n) is 4.69. The second-order valence-electron chi connectivity index (χ2n) is 4.51. The van der Waals surface area contributed by atoms with Crippen molar-refractivity contribution in [2.45, 2.75) is 43.7 Å². The van der Waals surface area contributed by atoms with Crippen molar-refractivity contribution >= 4 is 26.0 Å². The molecular formula is C9H20BrNO2S. The fourth-order valence-electron chi connectivity index (χ4n) is 0.947. The Balaban J connectivity index is 4.47. The summed E-state index contributed by atoms with van der Waals surface area (Å²) in [5.41, 5.74) is 0. The maximum atomic E-state index is 11.9. The smallest absolute Gasteiger partial charge is 0.212 e. The summed E-state index contributed by atoms with van der Waals surface area (Å²) in [5.74, 6) is 0. The number of nitrogens with zero attached hydrogens (tertiary/aromatic N) is 1. The van der Waals surface area contributed by atoms with E-state index in [1.807, 2.05) is 6.92 Å². The van der Waals surface area contributed by atoms with Gasteiger partial charge in [-0.05, 0) is 27.2 Å². The number of halogens is 1. The Morgan fingerprint density at radius 3 is 2.07 bits per heavy atom. The molecule has 0 fully saturated rings. The molecule has 0 spiro atoms. The Morgan fingerprint density at radius 1 is 1.36 bits per heavy atom. The standard InChI is InChI=1S/C9H20BrNO2S/c1-8(10)6-7-11(5)14(12,13)9(2,3)4/h8H,6-7H2,1-5H3. The van der Waals surface area contributed by atoms with Crippen molar-refractivity contribution in [3.8, 4) is 0 Å². The topological polar surface area (TPSA) is 37.4 Å². The van der Waals surface area contributed by atoms with Crippen molar-refractivity contribution in [1.82, 2.24) is 4.31 Å². The molecule has 14 heavy (non-hydrogen) atoms. The summed E-state index contributed by atoms with van der Waals surface area (Å²) in [6, 6.07) is 0. The summed E-state index contributed by atoms with van der Waals surface area (Å²) in [6.07, 6.45) is 0.825. The SMILES string of the molecule is CC(Br)CCN(C)S(=O)(=O)C(C)(C)C. The molecule has 0 saturated carbocycles. The van der Waals surface area contributed by atoms with E-state index in [1.54, 1.807) is 27.8 Å². The number of hydrogen-bond acceptors (Lipinski definition) is 2. The van der Waals surface area contributed by atoms with E-state index in [1.165, 1.54) is 4.31 Å². The third kappa shape index (κ3) is 3.87. The molecule has 0 rings (SSSR count). The van der Waals surface area contributed by atoms with Crippen LogP contribution in [0, 0.1) is 0 Å². The predicted molar refractivity (Wildman–Crippen MR) is 64.3 cm³/mol. The van der Waals surface area contributed by atoms with E-state index in [0.29, 0.717) is 11.4 Å². The van der Waals surface area contributed by atoms with Gasteiger partial charge in [0.2, 0.25) is 10.0 Å². The fraction of sp³-hybridized carbons (Fsp3) is 1.00. The Labute approximate surface area is 96.0 Å². The van der Waals surface area contributed by atoms with Gasteiger partial charge >= 0.3 is 0 Å². The summed E-state index contributed by atoms with van der Waals surface area (Å²) < 4.78 is 24.5. The number of sulfonamides is 1. The van der Waals surface area contributed by atoms with Gasteiger partial charge in [0, 0.05) is 18.4 Å². The highest BCUT2D eigenvalue weighted by molar-refractivity contribution is 9.09. The molecular weight excluding hydrogens is 266 g/mol. The van der Waals surface area contributed by atoms with E-state index in [-0.39, 0.29) is 0 Å². The molecule has 5 heteroatoms. The lowest BCUT2D eigenvalue weighted by molar-refractivity contribution is 0.439. The first-order valence-corrected chi connectivity index (χ1v) is 7.04. The summed E-state index contributed by atoms with van der Waals surface area (Å²) in [7, 11) is -1.52. The van der Waals surface area contributed by atoms with E-state index >= 15 is 0 Å². The van der Waals surface area contributed by atoms with Crippen LogP contribution in [-0.2, 0) is 10.0 Å². The molecule has 3 nitrogen and oxygen atoms in total. The minimum atomic E-state index is -3.16. The van der Waals surface area contributed by atoms with Gasteiger partial charge in [-0.25, -0.2) is 12.7 Å². The van der Waals surface area contributed by atoms with Crippen LogP contribution in [0.1, 0.15) is 34.1 Å². The van der Waals surface area contributed by atoms with Crippen LogP contribution < -0.4 is 0 Å². The van der Waals surface area contributed by atoms with Crippen LogP contribution in [0.2, 0.25) is 0 Å². The van der Waals surface area contributed by atoms with Crippen molar-refractivity contribution in [3.63, 3.8) is 0 Å². The van der Waals surface area contributed by atoms with Crippen molar-refractivity contribution in [2.24, 2.45) is 0 Å². The minimum absolute atomic E-state index is 0.347. The lowest BCUT2D eigenvalue weighted by Gasteiger charge is -2.27. The van der Waals surface area contributed by atoms with E-state index in [4.69, 9.17) is 0 Å². The third-order valence-corrected chi connectivity index (χ3v) is 5.03. The van der Waals surface area contributed by atoms with Crippen LogP contribution in [0.25, 0.3) is 0 Å². The second-order valence-corrected chi connectivity index (χ2v) is 8.87. The molecule has 86 valence electrons. The summed E-state index contributed by atoms with van der Waals surface area (Å²) in [6.45, 7) is 7.73.